The van der Waals surface area contributed by atoms with Gasteiger partial charge in [-0.3, -0.25) is 4.90 Å². The van der Waals surface area contributed by atoms with Crippen molar-refractivity contribution in [2.24, 2.45) is 0 Å². The highest BCUT2D eigenvalue weighted by atomic mass is 35.5. The van der Waals surface area contributed by atoms with Gasteiger partial charge in [0.15, 0.2) is 5.60 Å². The van der Waals surface area contributed by atoms with Crippen molar-refractivity contribution in [3.05, 3.63) is 23.0 Å². The molecule has 3 rings (SSSR count). The normalized spacial score (nSPS) is 27.2. The second-order valence-electron chi connectivity index (χ2n) is 4.23. The number of carbonyl (C=O) groups is 1. The van der Waals surface area contributed by atoms with E-state index in [0.717, 1.165) is 5.69 Å². The first-order chi connectivity index (χ1) is 8.12. The number of rotatable bonds is 0. The summed E-state index contributed by atoms with van der Waals surface area (Å²) in [5.41, 5.74) is 0.657. The zero-order chi connectivity index (χ0) is 12.0. The van der Waals surface area contributed by atoms with E-state index in [0.29, 0.717) is 30.5 Å². The van der Waals surface area contributed by atoms with Gasteiger partial charge in [-0.25, -0.2) is 9.78 Å². The first-order valence-electron chi connectivity index (χ1n) is 5.34. The molecule has 1 amide bonds. The van der Waals surface area contributed by atoms with Crippen molar-refractivity contribution in [3.8, 4) is 0 Å². The van der Waals surface area contributed by atoms with E-state index in [4.69, 9.17) is 21.1 Å². The van der Waals surface area contributed by atoms with Crippen molar-refractivity contribution >= 4 is 23.4 Å². The number of ether oxygens (including phenoxy) is 2. The Morgan fingerprint density at radius 3 is 3.06 bits per heavy atom. The van der Waals surface area contributed by atoms with Gasteiger partial charge < -0.3 is 9.47 Å². The maximum atomic E-state index is 11.8. The number of anilines is 1. The summed E-state index contributed by atoms with van der Waals surface area (Å²) in [6, 6.07) is 3.45. The number of halogens is 1. The van der Waals surface area contributed by atoms with Gasteiger partial charge in [0.05, 0.1) is 18.9 Å². The minimum Gasteiger partial charge on any atom is -0.433 e. The Balaban J connectivity index is 2.19. The van der Waals surface area contributed by atoms with E-state index in [1.165, 1.54) is 4.90 Å². The van der Waals surface area contributed by atoms with Gasteiger partial charge in [0, 0.05) is 13.5 Å². The van der Waals surface area contributed by atoms with Crippen LogP contribution in [0.1, 0.15) is 12.1 Å². The van der Waals surface area contributed by atoms with E-state index in [-0.39, 0.29) is 6.09 Å². The summed E-state index contributed by atoms with van der Waals surface area (Å²) in [5.74, 6) is 0. The molecule has 1 spiro atoms. The van der Waals surface area contributed by atoms with Gasteiger partial charge in [0.25, 0.3) is 0 Å². The van der Waals surface area contributed by atoms with Gasteiger partial charge in [-0.15, -0.1) is 0 Å². The van der Waals surface area contributed by atoms with Gasteiger partial charge in [-0.2, -0.15) is 0 Å². The van der Waals surface area contributed by atoms with Gasteiger partial charge >= 0.3 is 6.09 Å². The predicted octanol–water partition coefficient (Wildman–Crippen LogP) is 1.94. The average Bonchev–Trinajstić information content (AvgIpc) is 2.76. The van der Waals surface area contributed by atoms with E-state index < -0.39 is 5.60 Å². The third-order valence-corrected chi connectivity index (χ3v) is 3.39. The summed E-state index contributed by atoms with van der Waals surface area (Å²) in [5, 5.41) is 0.390. The van der Waals surface area contributed by atoms with Crippen molar-refractivity contribution in [3.63, 3.8) is 0 Å². The molecule has 17 heavy (non-hydrogen) atoms. The molecule has 0 bridgehead atoms. The molecule has 2 aliphatic rings. The molecule has 1 unspecified atom stereocenters. The Kier molecular flexibility index (Phi) is 2.27. The monoisotopic (exact) mass is 254 g/mol. The fourth-order valence-corrected chi connectivity index (χ4v) is 2.38. The summed E-state index contributed by atoms with van der Waals surface area (Å²) < 4.78 is 10.8. The van der Waals surface area contributed by atoms with Crippen molar-refractivity contribution in [1.29, 1.82) is 0 Å². The highest BCUT2D eigenvalue weighted by molar-refractivity contribution is 6.29. The Morgan fingerprint density at radius 1 is 1.53 bits per heavy atom. The third kappa shape index (κ3) is 1.50. The second-order valence-corrected chi connectivity index (χ2v) is 4.61. The zero-order valence-electron chi connectivity index (χ0n) is 9.27. The van der Waals surface area contributed by atoms with Crippen molar-refractivity contribution < 1.29 is 14.3 Å². The molecule has 2 aliphatic heterocycles. The minimum absolute atomic E-state index is 0.340. The Bertz CT molecular complexity index is 486. The molecule has 6 heteroatoms. The number of fused-ring (bicyclic) bond motifs is 2. The van der Waals surface area contributed by atoms with E-state index in [9.17, 15) is 4.79 Å². The molecular weight excluding hydrogens is 244 g/mol. The van der Waals surface area contributed by atoms with Crippen LogP contribution in [0.25, 0.3) is 0 Å². The van der Waals surface area contributed by atoms with Crippen LogP contribution < -0.4 is 4.90 Å². The van der Waals surface area contributed by atoms with Crippen LogP contribution in [0.2, 0.25) is 5.15 Å². The van der Waals surface area contributed by atoms with Gasteiger partial charge in [0.1, 0.15) is 10.8 Å². The lowest BCUT2D eigenvalue weighted by Crippen LogP contribution is -2.45. The first kappa shape index (κ1) is 10.8. The van der Waals surface area contributed by atoms with Crippen LogP contribution in [0.4, 0.5) is 10.5 Å². The summed E-state index contributed by atoms with van der Waals surface area (Å²) >= 11 is 5.91. The van der Waals surface area contributed by atoms with Crippen LogP contribution >= 0.6 is 11.6 Å². The topological polar surface area (TPSA) is 51.7 Å². The van der Waals surface area contributed by atoms with Crippen LogP contribution in [0.3, 0.4) is 0 Å². The number of pyridine rings is 1. The maximum absolute atomic E-state index is 11.8. The number of aromatic nitrogens is 1. The van der Waals surface area contributed by atoms with Gasteiger partial charge in [-0.05, 0) is 12.1 Å². The molecule has 3 heterocycles. The van der Waals surface area contributed by atoms with Gasteiger partial charge in [0.2, 0.25) is 0 Å². The van der Waals surface area contributed by atoms with Crippen LogP contribution in [0.15, 0.2) is 12.1 Å². The minimum atomic E-state index is -0.760. The van der Waals surface area contributed by atoms with Crippen LogP contribution in [-0.2, 0) is 15.1 Å². The molecule has 90 valence electrons. The van der Waals surface area contributed by atoms with Crippen molar-refractivity contribution in [2.45, 2.75) is 12.0 Å². The molecule has 1 saturated heterocycles. The molecule has 1 fully saturated rings. The van der Waals surface area contributed by atoms with E-state index in [1.54, 1.807) is 19.2 Å². The third-order valence-electron chi connectivity index (χ3n) is 3.17. The zero-order valence-corrected chi connectivity index (χ0v) is 10.0. The summed E-state index contributed by atoms with van der Waals surface area (Å²) in [4.78, 5) is 17.5. The molecule has 0 aliphatic carbocycles. The SMILES string of the molecule is CN1C(=O)OC2(CCOC2)c2nc(Cl)ccc21. The molecule has 0 saturated carbocycles. The molecule has 1 aromatic rings. The van der Waals surface area contributed by atoms with E-state index in [1.807, 2.05) is 0 Å². The largest absolute Gasteiger partial charge is 0.433 e. The summed E-state index contributed by atoms with van der Waals surface area (Å²) in [7, 11) is 1.65. The molecule has 0 radical (unpaired) electrons. The lowest BCUT2D eigenvalue weighted by Gasteiger charge is -2.36. The second kappa shape index (κ2) is 3.58. The van der Waals surface area contributed by atoms with Crippen LogP contribution in [-0.4, -0.2) is 31.3 Å². The highest BCUT2D eigenvalue weighted by Crippen LogP contribution is 2.42. The maximum Gasteiger partial charge on any atom is 0.415 e. The number of carbonyl (C=O) groups excluding carboxylic acids is 1. The smallest absolute Gasteiger partial charge is 0.415 e. The summed E-state index contributed by atoms with van der Waals surface area (Å²) in [6.45, 7) is 0.900. The fourth-order valence-electron chi connectivity index (χ4n) is 2.23. The van der Waals surface area contributed by atoms with E-state index in [2.05, 4.69) is 4.98 Å². The van der Waals surface area contributed by atoms with E-state index >= 15 is 0 Å². The highest BCUT2D eigenvalue weighted by Gasteiger charge is 2.48. The number of hydrogen-bond donors (Lipinski definition) is 0. The van der Waals surface area contributed by atoms with Gasteiger partial charge in [-0.1, -0.05) is 11.6 Å². The lowest BCUT2D eigenvalue weighted by atomic mass is 9.95. The Labute approximate surface area is 103 Å². The number of amides is 1. The standard InChI is InChI=1S/C11H11ClN2O3/c1-14-7-2-3-8(12)13-9(7)11(17-10(14)15)4-5-16-6-11/h2-3H,4-6H2,1H3. The number of hydrogen-bond acceptors (Lipinski definition) is 4. The van der Waals surface area contributed by atoms with Crippen molar-refractivity contribution in [1.82, 2.24) is 4.98 Å². The molecule has 1 aromatic heterocycles. The molecular formula is C11H11ClN2O3. The molecule has 5 nitrogen and oxygen atoms in total. The number of nitrogens with zero attached hydrogens (tertiary/aromatic N) is 2. The summed E-state index contributed by atoms with van der Waals surface area (Å²) in [6.07, 6.45) is 0.236. The predicted molar refractivity (Wildman–Crippen MR) is 61.2 cm³/mol. The molecule has 1 atom stereocenters. The molecule has 0 N–H and O–H groups in total. The van der Waals surface area contributed by atoms with Crippen molar-refractivity contribution in [2.75, 3.05) is 25.2 Å². The Hall–Kier alpha value is -1.33. The van der Waals surface area contributed by atoms with Crippen LogP contribution in [0.5, 0.6) is 0 Å². The lowest BCUT2D eigenvalue weighted by molar-refractivity contribution is -0.00484. The average molecular weight is 255 g/mol. The van der Waals surface area contributed by atoms with Crippen LogP contribution in [0, 0.1) is 0 Å². The fraction of sp³-hybridized carbons (Fsp3) is 0.455. The quantitative estimate of drug-likeness (QED) is 0.664. The first-order valence-corrected chi connectivity index (χ1v) is 5.72. The molecule has 0 aromatic carbocycles. The Morgan fingerprint density at radius 2 is 2.35 bits per heavy atom.